The molecule has 6 heteroatoms. The van der Waals surface area contributed by atoms with E-state index in [4.69, 9.17) is 0 Å². The molecule has 0 aromatic carbocycles. The molecule has 0 spiro atoms. The monoisotopic (exact) mass is 267 g/mol. The molecule has 5 nitrogen and oxygen atoms in total. The Morgan fingerprint density at radius 3 is 3.06 bits per heavy atom. The Balaban J connectivity index is 1.76. The van der Waals surface area contributed by atoms with Crippen molar-refractivity contribution in [2.45, 2.75) is 18.6 Å². The first-order chi connectivity index (χ1) is 8.64. The van der Waals surface area contributed by atoms with E-state index in [0.29, 0.717) is 0 Å². The first kappa shape index (κ1) is 12.1. The first-order valence-electron chi connectivity index (χ1n) is 6.22. The van der Waals surface area contributed by atoms with E-state index in [1.165, 1.54) is 0 Å². The van der Waals surface area contributed by atoms with E-state index in [1.54, 1.807) is 6.20 Å². The van der Waals surface area contributed by atoms with Crippen LogP contribution in [0.5, 0.6) is 0 Å². The Kier molecular flexibility index (Phi) is 3.09. The van der Waals surface area contributed by atoms with Crippen LogP contribution in [-0.2, 0) is 16.4 Å². The highest BCUT2D eigenvalue weighted by atomic mass is 32.2. The van der Waals surface area contributed by atoms with Gasteiger partial charge in [0.05, 0.1) is 17.2 Å². The summed E-state index contributed by atoms with van der Waals surface area (Å²) in [7, 11) is -2.88. The Bertz CT molecular complexity index is 517. The standard InChI is InChI=1S/C12H17N3O2S/c16-18(17)8-11-12(9-18)15(6-5-14-11)7-10-3-1-2-4-13-10/h1-4,11-12,14H,5-9H2/t11-,12+/m0/s1. The van der Waals surface area contributed by atoms with Crippen molar-refractivity contribution in [3.63, 3.8) is 0 Å². The van der Waals surface area contributed by atoms with Crippen LogP contribution >= 0.6 is 0 Å². The molecule has 0 saturated carbocycles. The van der Waals surface area contributed by atoms with Crippen molar-refractivity contribution < 1.29 is 8.42 Å². The zero-order chi connectivity index (χ0) is 12.6. The lowest BCUT2D eigenvalue weighted by Crippen LogP contribution is -2.56. The summed E-state index contributed by atoms with van der Waals surface area (Å²) in [5.41, 5.74) is 1.00. The van der Waals surface area contributed by atoms with Gasteiger partial charge in [-0.1, -0.05) is 6.07 Å². The molecule has 98 valence electrons. The molecule has 2 aliphatic heterocycles. The Morgan fingerprint density at radius 1 is 1.39 bits per heavy atom. The molecule has 0 amide bonds. The van der Waals surface area contributed by atoms with Crippen molar-refractivity contribution in [1.82, 2.24) is 15.2 Å². The van der Waals surface area contributed by atoms with Crippen LogP contribution in [0.3, 0.4) is 0 Å². The quantitative estimate of drug-likeness (QED) is 0.794. The topological polar surface area (TPSA) is 62.3 Å². The maximum absolute atomic E-state index is 11.7. The third kappa shape index (κ3) is 2.41. The number of rotatable bonds is 2. The van der Waals surface area contributed by atoms with Crippen LogP contribution in [0.1, 0.15) is 5.69 Å². The maximum Gasteiger partial charge on any atom is 0.153 e. The fourth-order valence-electron chi connectivity index (χ4n) is 2.84. The Morgan fingerprint density at radius 2 is 2.28 bits per heavy atom. The first-order valence-corrected chi connectivity index (χ1v) is 8.04. The third-order valence-electron chi connectivity index (χ3n) is 3.69. The van der Waals surface area contributed by atoms with Gasteiger partial charge in [0.1, 0.15) is 0 Å². The molecule has 2 fully saturated rings. The van der Waals surface area contributed by atoms with E-state index in [0.717, 1.165) is 25.3 Å². The number of aromatic nitrogens is 1. The highest BCUT2D eigenvalue weighted by molar-refractivity contribution is 7.91. The summed E-state index contributed by atoms with van der Waals surface area (Å²) in [4.78, 5) is 6.56. The van der Waals surface area contributed by atoms with Gasteiger partial charge in [-0.2, -0.15) is 0 Å². The van der Waals surface area contributed by atoms with Crippen molar-refractivity contribution in [3.8, 4) is 0 Å². The molecule has 3 rings (SSSR count). The van der Waals surface area contributed by atoms with Crippen molar-refractivity contribution >= 4 is 9.84 Å². The summed E-state index contributed by atoms with van der Waals surface area (Å²) in [6, 6.07) is 6.04. The summed E-state index contributed by atoms with van der Waals surface area (Å²) in [5, 5.41) is 3.31. The molecule has 1 aromatic rings. The molecule has 0 bridgehead atoms. The zero-order valence-electron chi connectivity index (χ0n) is 10.1. The minimum absolute atomic E-state index is 0.0902. The van der Waals surface area contributed by atoms with E-state index in [2.05, 4.69) is 15.2 Å². The summed E-state index contributed by atoms with van der Waals surface area (Å²) >= 11 is 0. The lowest BCUT2D eigenvalue weighted by Gasteiger charge is -2.37. The fourth-order valence-corrected chi connectivity index (χ4v) is 4.83. The van der Waals surface area contributed by atoms with Gasteiger partial charge in [0.2, 0.25) is 0 Å². The van der Waals surface area contributed by atoms with Gasteiger partial charge >= 0.3 is 0 Å². The number of hydrogen-bond acceptors (Lipinski definition) is 5. The number of pyridine rings is 1. The number of hydrogen-bond donors (Lipinski definition) is 1. The lowest BCUT2D eigenvalue weighted by molar-refractivity contribution is 0.139. The van der Waals surface area contributed by atoms with Crippen LogP contribution in [0.2, 0.25) is 0 Å². The zero-order valence-corrected chi connectivity index (χ0v) is 10.9. The molecule has 0 unspecified atom stereocenters. The molecule has 1 N–H and O–H groups in total. The number of piperazine rings is 1. The smallest absolute Gasteiger partial charge is 0.153 e. The number of sulfone groups is 1. The van der Waals surface area contributed by atoms with E-state index in [1.807, 2.05) is 18.2 Å². The second-order valence-corrected chi connectivity index (χ2v) is 7.15. The van der Waals surface area contributed by atoms with Gasteiger partial charge in [0, 0.05) is 37.9 Å². The molecule has 2 aliphatic rings. The van der Waals surface area contributed by atoms with E-state index < -0.39 is 9.84 Å². The van der Waals surface area contributed by atoms with Crippen molar-refractivity contribution in [3.05, 3.63) is 30.1 Å². The van der Waals surface area contributed by atoms with Gasteiger partial charge < -0.3 is 5.32 Å². The van der Waals surface area contributed by atoms with Crippen LogP contribution in [0.15, 0.2) is 24.4 Å². The SMILES string of the molecule is O=S1(=O)C[C@@H]2NCCN(Cc3ccccn3)[C@@H]2C1. The molecule has 1 aromatic heterocycles. The summed E-state index contributed by atoms with van der Waals surface area (Å²) in [6.07, 6.45) is 1.78. The maximum atomic E-state index is 11.7. The molecule has 3 heterocycles. The van der Waals surface area contributed by atoms with Gasteiger partial charge in [0.25, 0.3) is 0 Å². The second-order valence-electron chi connectivity index (χ2n) is 5.00. The average Bonchev–Trinajstić information content (AvgIpc) is 2.66. The molecule has 2 saturated heterocycles. The van der Waals surface area contributed by atoms with Gasteiger partial charge in [-0.3, -0.25) is 9.88 Å². The molecule has 18 heavy (non-hydrogen) atoms. The third-order valence-corrected chi connectivity index (χ3v) is 5.40. The summed E-state index contributed by atoms with van der Waals surface area (Å²) < 4.78 is 23.4. The minimum Gasteiger partial charge on any atom is -0.310 e. The second kappa shape index (κ2) is 4.60. The van der Waals surface area contributed by atoms with Crippen molar-refractivity contribution in [1.29, 1.82) is 0 Å². The molecule has 0 aliphatic carbocycles. The van der Waals surface area contributed by atoms with Crippen LogP contribution in [0.25, 0.3) is 0 Å². The average molecular weight is 267 g/mol. The number of fused-ring (bicyclic) bond motifs is 1. The van der Waals surface area contributed by atoms with Crippen molar-refractivity contribution in [2.24, 2.45) is 0 Å². The van der Waals surface area contributed by atoms with Crippen LogP contribution in [0.4, 0.5) is 0 Å². The lowest BCUT2D eigenvalue weighted by atomic mass is 10.1. The van der Waals surface area contributed by atoms with E-state index in [9.17, 15) is 8.42 Å². The highest BCUT2D eigenvalue weighted by Crippen LogP contribution is 2.22. The summed E-state index contributed by atoms with van der Waals surface area (Å²) in [5.74, 6) is 0.549. The van der Waals surface area contributed by atoms with E-state index in [-0.39, 0.29) is 23.6 Å². The van der Waals surface area contributed by atoms with Gasteiger partial charge in [0.15, 0.2) is 9.84 Å². The number of nitrogens with one attached hydrogen (secondary N) is 1. The largest absolute Gasteiger partial charge is 0.310 e. The van der Waals surface area contributed by atoms with Crippen molar-refractivity contribution in [2.75, 3.05) is 24.6 Å². The highest BCUT2D eigenvalue weighted by Gasteiger charge is 2.42. The van der Waals surface area contributed by atoms with Crippen LogP contribution < -0.4 is 5.32 Å². The molecule has 2 atom stereocenters. The molecular weight excluding hydrogens is 250 g/mol. The molecule has 0 radical (unpaired) electrons. The molecular formula is C12H17N3O2S. The van der Waals surface area contributed by atoms with Crippen LogP contribution in [0, 0.1) is 0 Å². The normalized spacial score (nSPS) is 31.1. The van der Waals surface area contributed by atoms with Gasteiger partial charge in [-0.25, -0.2) is 8.42 Å². The predicted molar refractivity (Wildman–Crippen MR) is 68.9 cm³/mol. The van der Waals surface area contributed by atoms with E-state index >= 15 is 0 Å². The Labute approximate surface area is 107 Å². The Hall–Kier alpha value is -0.980. The van der Waals surface area contributed by atoms with Gasteiger partial charge in [-0.15, -0.1) is 0 Å². The summed E-state index contributed by atoms with van der Waals surface area (Å²) in [6.45, 7) is 2.47. The minimum atomic E-state index is -2.88. The fraction of sp³-hybridized carbons (Fsp3) is 0.583. The van der Waals surface area contributed by atoms with Gasteiger partial charge in [-0.05, 0) is 12.1 Å². The predicted octanol–water partition coefficient (Wildman–Crippen LogP) is -0.348. The van der Waals surface area contributed by atoms with Crippen LogP contribution in [-0.4, -0.2) is 55.0 Å². The number of nitrogens with zero attached hydrogens (tertiary/aromatic N) is 2.